The number of anilines is 1. The number of fused-ring (bicyclic) bond motifs is 1. The second-order valence-electron chi connectivity index (χ2n) is 6.05. The summed E-state index contributed by atoms with van der Waals surface area (Å²) < 4.78 is 0. The lowest BCUT2D eigenvalue weighted by Gasteiger charge is -2.40. The Balaban J connectivity index is 1.57. The smallest absolute Gasteiger partial charge is 0.326 e. The Kier molecular flexibility index (Phi) is 4.07. The van der Waals surface area contributed by atoms with Crippen molar-refractivity contribution in [1.29, 1.82) is 0 Å². The molecule has 1 N–H and O–H groups in total. The molecule has 2 saturated heterocycles. The normalized spacial score (nSPS) is 20.2. The number of carbonyl (C=O) groups is 2. The molecular weight excluding hydrogens is 340 g/mol. The third-order valence-electron chi connectivity index (χ3n) is 4.47. The Bertz CT molecular complexity index is 796. The van der Waals surface area contributed by atoms with Gasteiger partial charge in [-0.1, -0.05) is 41.9 Å². The first-order chi connectivity index (χ1) is 12.1. The Morgan fingerprint density at radius 1 is 0.920 bits per heavy atom. The maximum Gasteiger partial charge on any atom is 0.326 e. The highest BCUT2D eigenvalue weighted by Crippen LogP contribution is 2.25. The lowest BCUT2D eigenvalue weighted by atomic mass is 10.2. The van der Waals surface area contributed by atoms with Crippen LogP contribution in [0.4, 0.5) is 5.69 Å². The summed E-state index contributed by atoms with van der Waals surface area (Å²) in [4.78, 5) is 28.6. The molecule has 6 nitrogen and oxygen atoms in total. The van der Waals surface area contributed by atoms with Crippen LogP contribution in [0.1, 0.15) is 5.56 Å². The molecule has 2 heterocycles. The Morgan fingerprint density at radius 3 is 2.32 bits per heavy atom. The number of hydrogen-bond acceptors (Lipinski definition) is 4. The van der Waals surface area contributed by atoms with Gasteiger partial charge in [-0.2, -0.15) is 5.43 Å². The number of benzene rings is 2. The van der Waals surface area contributed by atoms with Crippen molar-refractivity contribution in [2.75, 3.05) is 18.0 Å². The van der Waals surface area contributed by atoms with Crippen molar-refractivity contribution in [3.05, 3.63) is 65.2 Å². The maximum atomic E-state index is 12.5. The fourth-order valence-corrected chi connectivity index (χ4v) is 3.32. The molecule has 0 aromatic heterocycles. The topological polar surface area (TPSA) is 55.9 Å². The average Bonchev–Trinajstić information content (AvgIpc) is 3.06. The van der Waals surface area contributed by atoms with E-state index in [9.17, 15) is 9.59 Å². The Labute approximate surface area is 150 Å². The van der Waals surface area contributed by atoms with E-state index >= 15 is 0 Å². The van der Waals surface area contributed by atoms with Crippen LogP contribution in [0.2, 0.25) is 5.02 Å². The second kappa shape index (κ2) is 6.38. The number of para-hydroxylation sites is 1. The molecule has 2 aliphatic heterocycles. The summed E-state index contributed by atoms with van der Waals surface area (Å²) in [5.41, 5.74) is 5.10. The van der Waals surface area contributed by atoms with Crippen LogP contribution in [0.5, 0.6) is 0 Å². The van der Waals surface area contributed by atoms with Crippen LogP contribution in [0, 0.1) is 0 Å². The number of carbonyl (C=O) groups excluding carboxylic acids is 2. The molecule has 2 aromatic carbocycles. The number of rotatable bonds is 3. The number of nitrogens with one attached hydrogen (secondary N) is 1. The molecule has 128 valence electrons. The quantitative estimate of drug-likeness (QED) is 0.852. The average molecular weight is 357 g/mol. The fourth-order valence-electron chi connectivity index (χ4n) is 3.20. The molecule has 25 heavy (non-hydrogen) atoms. The van der Waals surface area contributed by atoms with Crippen LogP contribution in [0.3, 0.4) is 0 Å². The van der Waals surface area contributed by atoms with Crippen molar-refractivity contribution in [3.8, 4) is 0 Å². The number of hydrazine groups is 1. The molecule has 0 aliphatic carbocycles. The molecular formula is C18H17ClN4O2. The number of hydrogen-bond donors (Lipinski definition) is 1. The van der Waals surface area contributed by atoms with Gasteiger partial charge in [-0.25, -0.2) is 0 Å². The zero-order valence-corrected chi connectivity index (χ0v) is 14.2. The van der Waals surface area contributed by atoms with E-state index < -0.39 is 11.8 Å². The van der Waals surface area contributed by atoms with Crippen molar-refractivity contribution in [2.24, 2.45) is 0 Å². The fraction of sp³-hybridized carbons (Fsp3) is 0.222. The molecule has 0 saturated carbocycles. The van der Waals surface area contributed by atoms with Gasteiger partial charge >= 0.3 is 11.8 Å². The van der Waals surface area contributed by atoms with E-state index in [0.29, 0.717) is 24.7 Å². The third-order valence-corrected chi connectivity index (χ3v) is 4.73. The minimum Gasteiger partial charge on any atom is -0.336 e. The molecule has 7 heteroatoms. The summed E-state index contributed by atoms with van der Waals surface area (Å²) in [6.45, 7) is 1.50. The molecule has 1 unspecified atom stereocenters. The number of amides is 2. The number of nitrogens with zero attached hydrogens (tertiary/aromatic N) is 3. The van der Waals surface area contributed by atoms with Crippen molar-refractivity contribution in [3.63, 3.8) is 0 Å². The molecule has 0 radical (unpaired) electrons. The van der Waals surface area contributed by atoms with Crippen LogP contribution >= 0.6 is 11.6 Å². The summed E-state index contributed by atoms with van der Waals surface area (Å²) >= 11 is 5.90. The van der Waals surface area contributed by atoms with E-state index in [2.05, 4.69) is 10.3 Å². The Hall–Kier alpha value is -2.57. The Morgan fingerprint density at radius 2 is 1.60 bits per heavy atom. The summed E-state index contributed by atoms with van der Waals surface area (Å²) in [5.74, 6) is -1.02. The first-order valence-corrected chi connectivity index (χ1v) is 8.46. The van der Waals surface area contributed by atoms with E-state index in [1.807, 2.05) is 42.5 Å². The van der Waals surface area contributed by atoms with E-state index in [0.717, 1.165) is 11.3 Å². The minimum atomic E-state index is -0.541. The van der Waals surface area contributed by atoms with Gasteiger partial charge in [0.2, 0.25) is 0 Å². The molecule has 2 aromatic rings. The molecule has 0 bridgehead atoms. The van der Waals surface area contributed by atoms with Crippen LogP contribution in [-0.2, 0) is 16.1 Å². The highest BCUT2D eigenvalue weighted by atomic mass is 35.5. The lowest BCUT2D eigenvalue weighted by Crippen LogP contribution is -2.67. The van der Waals surface area contributed by atoms with Crippen molar-refractivity contribution in [1.82, 2.24) is 15.3 Å². The minimum absolute atomic E-state index is 0.300. The van der Waals surface area contributed by atoms with Gasteiger partial charge in [-0.3, -0.25) is 19.5 Å². The third kappa shape index (κ3) is 2.94. The zero-order valence-electron chi connectivity index (χ0n) is 13.4. The lowest BCUT2D eigenvalue weighted by molar-refractivity contribution is -0.163. The molecule has 2 amide bonds. The van der Waals surface area contributed by atoms with Gasteiger partial charge in [0.25, 0.3) is 0 Å². The van der Waals surface area contributed by atoms with E-state index in [1.54, 1.807) is 17.0 Å². The van der Waals surface area contributed by atoms with Crippen LogP contribution in [0.25, 0.3) is 0 Å². The van der Waals surface area contributed by atoms with Gasteiger partial charge in [0.05, 0.1) is 6.54 Å². The predicted octanol–water partition coefficient (Wildman–Crippen LogP) is 1.82. The molecule has 2 fully saturated rings. The standard InChI is InChI=1S/C18H17ClN4O2/c19-14-8-6-13(7-9-14)12-23-17(25)16(24)22-11-10-21(18(22)20-23)15-4-2-1-3-5-15/h1-9,18,20H,10-12H2. The summed E-state index contributed by atoms with van der Waals surface area (Å²) in [6.07, 6.45) is -0.361. The van der Waals surface area contributed by atoms with E-state index in [-0.39, 0.29) is 6.29 Å². The highest BCUT2D eigenvalue weighted by Gasteiger charge is 2.45. The first-order valence-electron chi connectivity index (χ1n) is 8.08. The highest BCUT2D eigenvalue weighted by molar-refractivity contribution is 6.35. The number of halogens is 1. The molecule has 1 atom stereocenters. The predicted molar refractivity (Wildman–Crippen MR) is 94.4 cm³/mol. The van der Waals surface area contributed by atoms with Gasteiger partial charge in [-0.05, 0) is 29.8 Å². The van der Waals surface area contributed by atoms with Gasteiger partial charge < -0.3 is 4.90 Å². The van der Waals surface area contributed by atoms with Crippen molar-refractivity contribution < 1.29 is 9.59 Å². The molecule has 4 rings (SSSR count). The van der Waals surface area contributed by atoms with E-state index in [1.165, 1.54) is 5.01 Å². The van der Waals surface area contributed by atoms with Gasteiger partial charge in [0.15, 0.2) is 6.29 Å². The van der Waals surface area contributed by atoms with Crippen LogP contribution < -0.4 is 10.3 Å². The van der Waals surface area contributed by atoms with Crippen LogP contribution in [0.15, 0.2) is 54.6 Å². The SMILES string of the molecule is O=C1C(=O)N2CCN(c3ccccc3)C2NN1Cc1ccc(Cl)cc1. The summed E-state index contributed by atoms with van der Waals surface area (Å²) in [5, 5.41) is 2.02. The maximum absolute atomic E-state index is 12.5. The second-order valence-corrected chi connectivity index (χ2v) is 6.48. The molecule has 2 aliphatic rings. The summed E-state index contributed by atoms with van der Waals surface area (Å²) in [6, 6.07) is 17.1. The van der Waals surface area contributed by atoms with Gasteiger partial charge in [0.1, 0.15) is 0 Å². The van der Waals surface area contributed by atoms with Gasteiger partial charge in [0, 0.05) is 23.8 Å². The van der Waals surface area contributed by atoms with Gasteiger partial charge in [-0.15, -0.1) is 0 Å². The largest absolute Gasteiger partial charge is 0.336 e. The van der Waals surface area contributed by atoms with Crippen molar-refractivity contribution in [2.45, 2.75) is 12.8 Å². The van der Waals surface area contributed by atoms with Crippen LogP contribution in [-0.4, -0.2) is 41.1 Å². The monoisotopic (exact) mass is 356 g/mol. The first kappa shape index (κ1) is 15.9. The van der Waals surface area contributed by atoms with E-state index in [4.69, 9.17) is 11.6 Å². The summed E-state index contributed by atoms with van der Waals surface area (Å²) in [7, 11) is 0. The van der Waals surface area contributed by atoms with Crippen molar-refractivity contribution >= 4 is 29.1 Å². The molecule has 0 spiro atoms. The zero-order chi connectivity index (χ0) is 17.4.